The van der Waals surface area contributed by atoms with Crippen molar-refractivity contribution in [2.24, 2.45) is 17.6 Å². The molecule has 1 aliphatic rings. The predicted octanol–water partition coefficient (Wildman–Crippen LogP) is 4.77. The van der Waals surface area contributed by atoms with E-state index in [9.17, 15) is 9.59 Å². The number of nitrogens with one attached hydrogen (secondary N) is 1. The van der Waals surface area contributed by atoms with Gasteiger partial charge in [-0.2, -0.15) is 0 Å². The molecule has 0 radical (unpaired) electrons. The van der Waals surface area contributed by atoms with Crippen molar-refractivity contribution in [3.8, 4) is 0 Å². The molecule has 4 rings (SSSR count). The summed E-state index contributed by atoms with van der Waals surface area (Å²) >= 11 is 12.6. The minimum atomic E-state index is -0.757. The van der Waals surface area contributed by atoms with Gasteiger partial charge in [0, 0.05) is 35.0 Å². The summed E-state index contributed by atoms with van der Waals surface area (Å²) in [7, 11) is 0. The van der Waals surface area contributed by atoms with Crippen molar-refractivity contribution in [1.29, 1.82) is 0 Å². The molecule has 1 aliphatic heterocycles. The van der Waals surface area contributed by atoms with Crippen LogP contribution in [0, 0.1) is 11.8 Å². The number of likely N-dealkylation sites (tertiary alicyclic amines) is 1. The van der Waals surface area contributed by atoms with Crippen molar-refractivity contribution in [2.45, 2.75) is 38.2 Å². The summed E-state index contributed by atoms with van der Waals surface area (Å²) in [5.41, 5.74) is 7.80. The van der Waals surface area contributed by atoms with E-state index in [1.807, 2.05) is 30.3 Å². The number of aromatic amines is 1. The smallest absolute Gasteiger partial charge is 0.227 e. The summed E-state index contributed by atoms with van der Waals surface area (Å²) in [5, 5.41) is 0.945. The zero-order valence-electron chi connectivity index (χ0n) is 20.8. The van der Waals surface area contributed by atoms with Crippen LogP contribution in [0.15, 0.2) is 61.1 Å². The largest absolute Gasteiger partial charge is 0.369 e. The number of halogens is 2. The lowest BCUT2D eigenvalue weighted by atomic mass is 9.79. The van der Waals surface area contributed by atoms with E-state index in [0.29, 0.717) is 29.7 Å². The number of amides is 2. The number of nitrogens with zero attached hydrogens (tertiary/aromatic N) is 2. The molecule has 1 aromatic heterocycles. The van der Waals surface area contributed by atoms with Crippen molar-refractivity contribution < 1.29 is 14.3 Å². The molecule has 1 saturated heterocycles. The zero-order valence-corrected chi connectivity index (χ0v) is 22.3. The lowest BCUT2D eigenvalue weighted by Crippen LogP contribution is -2.64. The third-order valence-corrected chi connectivity index (χ3v) is 7.59. The number of carbonyl (C=O) groups is 2. The SMILES string of the molecule is CCCCOC1(c2ccccc2)CN(C(=O)[C@H](Cc2ccc(Cl)cc2Cl)C(Cc2cnc[nH]2)C(N)=O)C1. The van der Waals surface area contributed by atoms with Gasteiger partial charge in [-0.3, -0.25) is 9.59 Å². The molecule has 0 spiro atoms. The van der Waals surface area contributed by atoms with Gasteiger partial charge in [0.15, 0.2) is 0 Å². The maximum atomic E-state index is 14.0. The molecule has 1 unspecified atom stereocenters. The highest BCUT2D eigenvalue weighted by molar-refractivity contribution is 6.35. The average Bonchev–Trinajstić information content (AvgIpc) is 3.37. The van der Waals surface area contributed by atoms with E-state index in [2.05, 4.69) is 16.9 Å². The molecule has 3 aromatic rings. The number of primary amides is 1. The Bertz CT molecular complexity index is 1200. The molecule has 196 valence electrons. The Morgan fingerprint density at radius 2 is 1.89 bits per heavy atom. The monoisotopic (exact) mass is 542 g/mol. The quantitative estimate of drug-likeness (QED) is 0.321. The minimum absolute atomic E-state index is 0.153. The molecule has 2 amide bonds. The number of ether oxygens (including phenoxy) is 1. The highest BCUT2D eigenvalue weighted by Crippen LogP contribution is 2.39. The number of unbranched alkanes of at least 4 members (excludes halogenated alkanes) is 1. The summed E-state index contributed by atoms with van der Waals surface area (Å²) in [6.07, 6.45) is 5.65. The number of carbonyl (C=O) groups excluding carboxylic acids is 2. The van der Waals surface area contributed by atoms with Crippen LogP contribution in [0.2, 0.25) is 10.0 Å². The Hall–Kier alpha value is -2.87. The number of aromatic nitrogens is 2. The zero-order chi connectivity index (χ0) is 26.4. The molecule has 3 N–H and O–H groups in total. The summed E-state index contributed by atoms with van der Waals surface area (Å²) in [6.45, 7) is 3.53. The van der Waals surface area contributed by atoms with Crippen molar-refractivity contribution in [2.75, 3.05) is 19.7 Å². The van der Waals surface area contributed by atoms with E-state index in [4.69, 9.17) is 33.7 Å². The second-order valence-electron chi connectivity index (χ2n) is 9.59. The van der Waals surface area contributed by atoms with E-state index >= 15 is 0 Å². The van der Waals surface area contributed by atoms with Crippen LogP contribution in [0.25, 0.3) is 0 Å². The first kappa shape index (κ1) is 27.2. The van der Waals surface area contributed by atoms with Gasteiger partial charge in [0.25, 0.3) is 0 Å². The van der Waals surface area contributed by atoms with E-state index in [0.717, 1.165) is 29.7 Å². The topological polar surface area (TPSA) is 101 Å². The highest BCUT2D eigenvalue weighted by atomic mass is 35.5. The van der Waals surface area contributed by atoms with Crippen LogP contribution in [0.3, 0.4) is 0 Å². The molecule has 0 aliphatic carbocycles. The van der Waals surface area contributed by atoms with Gasteiger partial charge in [0.2, 0.25) is 11.8 Å². The Labute approximate surface area is 227 Å². The van der Waals surface area contributed by atoms with E-state index in [1.54, 1.807) is 29.3 Å². The third-order valence-electron chi connectivity index (χ3n) is 7.00. The van der Waals surface area contributed by atoms with Gasteiger partial charge in [0.05, 0.1) is 31.3 Å². The van der Waals surface area contributed by atoms with Gasteiger partial charge < -0.3 is 20.4 Å². The summed E-state index contributed by atoms with van der Waals surface area (Å²) in [4.78, 5) is 35.5. The summed E-state index contributed by atoms with van der Waals surface area (Å²) in [5.74, 6) is -2.18. The number of hydrogen-bond acceptors (Lipinski definition) is 4. The molecule has 9 heteroatoms. The number of H-pyrrole nitrogens is 1. The van der Waals surface area contributed by atoms with Crippen molar-refractivity contribution in [3.05, 3.63) is 87.9 Å². The van der Waals surface area contributed by atoms with Crippen LogP contribution in [0.5, 0.6) is 0 Å². The lowest BCUT2D eigenvalue weighted by molar-refractivity contribution is -0.178. The molecular weight excluding hydrogens is 511 g/mol. The van der Waals surface area contributed by atoms with Gasteiger partial charge in [0.1, 0.15) is 5.60 Å². The Balaban J connectivity index is 1.61. The van der Waals surface area contributed by atoms with Crippen molar-refractivity contribution >= 4 is 35.0 Å². The van der Waals surface area contributed by atoms with Gasteiger partial charge in [-0.15, -0.1) is 0 Å². The van der Waals surface area contributed by atoms with E-state index < -0.39 is 23.3 Å². The number of rotatable bonds is 12. The first-order valence-corrected chi connectivity index (χ1v) is 13.3. The van der Waals surface area contributed by atoms with Gasteiger partial charge in [-0.25, -0.2) is 4.98 Å². The number of benzene rings is 2. The molecule has 0 saturated carbocycles. The van der Waals surface area contributed by atoms with Gasteiger partial charge in [-0.05, 0) is 36.1 Å². The van der Waals surface area contributed by atoms with Gasteiger partial charge >= 0.3 is 0 Å². The predicted molar refractivity (Wildman–Crippen MR) is 144 cm³/mol. The van der Waals surface area contributed by atoms with Crippen molar-refractivity contribution in [1.82, 2.24) is 14.9 Å². The number of nitrogens with two attached hydrogens (primary N) is 1. The molecule has 7 nitrogen and oxygen atoms in total. The maximum absolute atomic E-state index is 14.0. The molecule has 0 bridgehead atoms. The molecule has 2 atom stereocenters. The molecular formula is C28H32Cl2N4O3. The third kappa shape index (κ3) is 6.35. The lowest BCUT2D eigenvalue weighted by Gasteiger charge is -2.51. The second-order valence-corrected chi connectivity index (χ2v) is 10.4. The van der Waals surface area contributed by atoms with E-state index in [-0.39, 0.29) is 18.7 Å². The Morgan fingerprint density at radius 1 is 1.14 bits per heavy atom. The van der Waals surface area contributed by atoms with Crippen LogP contribution in [0.1, 0.15) is 36.6 Å². The van der Waals surface area contributed by atoms with Crippen LogP contribution in [0.4, 0.5) is 0 Å². The number of imidazole rings is 1. The first-order valence-electron chi connectivity index (χ1n) is 12.5. The van der Waals surface area contributed by atoms with Crippen LogP contribution in [-0.2, 0) is 32.8 Å². The molecule has 1 fully saturated rings. The first-order chi connectivity index (χ1) is 17.8. The maximum Gasteiger partial charge on any atom is 0.227 e. The average molecular weight is 543 g/mol. The van der Waals surface area contributed by atoms with Crippen LogP contribution >= 0.6 is 23.2 Å². The normalized spacial score (nSPS) is 16.1. The Morgan fingerprint density at radius 3 is 2.51 bits per heavy atom. The minimum Gasteiger partial charge on any atom is -0.369 e. The fraction of sp³-hybridized carbons (Fsp3) is 0.393. The fourth-order valence-electron chi connectivity index (χ4n) is 4.87. The molecule has 37 heavy (non-hydrogen) atoms. The summed E-state index contributed by atoms with van der Waals surface area (Å²) < 4.78 is 6.36. The molecule has 2 heterocycles. The molecule has 2 aromatic carbocycles. The Kier molecular flexibility index (Phi) is 8.90. The fourth-order valence-corrected chi connectivity index (χ4v) is 5.36. The van der Waals surface area contributed by atoms with Crippen LogP contribution in [-0.4, -0.2) is 46.4 Å². The standard InChI is InChI=1S/C28H32Cl2N4O3/c1-2-3-11-37-28(20-7-5-4-6-8-20)16-34(17-28)27(36)24(12-19-9-10-21(29)13-25(19)30)23(26(31)35)14-22-15-32-18-33-22/h4-10,13,15,18,23-24H,2-3,11-12,14,16-17H2,1H3,(H2,31,35)(H,32,33)/t23?,24-/m1/s1. The number of hydrogen-bond donors (Lipinski definition) is 2. The van der Waals surface area contributed by atoms with Crippen LogP contribution < -0.4 is 5.73 Å². The highest BCUT2D eigenvalue weighted by Gasteiger charge is 2.50. The van der Waals surface area contributed by atoms with E-state index in [1.165, 1.54) is 6.33 Å². The second kappa shape index (κ2) is 12.1. The van der Waals surface area contributed by atoms with Gasteiger partial charge in [-0.1, -0.05) is 72.9 Å². The van der Waals surface area contributed by atoms with Crippen molar-refractivity contribution in [3.63, 3.8) is 0 Å². The summed E-state index contributed by atoms with van der Waals surface area (Å²) in [6, 6.07) is 15.1.